The molecule has 0 aromatic carbocycles. The van der Waals surface area contributed by atoms with E-state index in [2.05, 4.69) is 33.9 Å². The zero-order chi connectivity index (χ0) is 21.0. The lowest BCUT2D eigenvalue weighted by Gasteiger charge is -2.51. The van der Waals surface area contributed by atoms with Gasteiger partial charge in [-0.25, -0.2) is 4.98 Å². The molecule has 0 aliphatic carbocycles. The second-order valence-electron chi connectivity index (χ2n) is 8.74. The summed E-state index contributed by atoms with van der Waals surface area (Å²) in [5.74, 6) is 1.37. The lowest BCUT2D eigenvalue weighted by atomic mass is 9.79. The van der Waals surface area contributed by atoms with Gasteiger partial charge < -0.3 is 19.3 Å². The molecule has 2 aromatic heterocycles. The summed E-state index contributed by atoms with van der Waals surface area (Å²) in [5.41, 5.74) is 0.557. The molecule has 2 aliphatic heterocycles. The van der Waals surface area contributed by atoms with Gasteiger partial charge in [-0.2, -0.15) is 0 Å². The topological polar surface area (TPSA) is 93.3 Å². The zero-order valence-corrected chi connectivity index (χ0v) is 17.8. The summed E-state index contributed by atoms with van der Waals surface area (Å²) in [6.07, 6.45) is 6.11. The quantitative estimate of drug-likeness (QED) is 0.834. The molecule has 1 spiro atoms. The van der Waals surface area contributed by atoms with E-state index in [0.29, 0.717) is 30.1 Å². The Balaban J connectivity index is 1.51. The molecule has 4 rings (SSSR count). The number of likely N-dealkylation sites (tertiary alicyclic amines) is 1. The third kappa shape index (κ3) is 2.88. The normalized spacial score (nSPS) is 19.9. The average Bonchev–Trinajstić information content (AvgIpc) is 3.35. The fourth-order valence-corrected chi connectivity index (χ4v) is 4.72. The van der Waals surface area contributed by atoms with E-state index in [-0.39, 0.29) is 28.8 Å². The first-order valence-corrected chi connectivity index (χ1v) is 10.3. The van der Waals surface area contributed by atoms with Crippen molar-refractivity contribution in [3.05, 3.63) is 35.2 Å². The Hall–Kier alpha value is -2.64. The Bertz CT molecular complexity index is 930. The molecule has 1 atom stereocenters. The molecule has 4 heterocycles. The number of aromatic nitrogens is 3. The van der Waals surface area contributed by atoms with Crippen LogP contribution in [-0.2, 0) is 10.3 Å². The number of imidazole rings is 1. The van der Waals surface area contributed by atoms with Gasteiger partial charge in [0.2, 0.25) is 5.91 Å². The number of fused-ring (bicyclic) bond motifs is 2. The van der Waals surface area contributed by atoms with Gasteiger partial charge in [-0.1, -0.05) is 25.9 Å². The Labute approximate surface area is 170 Å². The highest BCUT2D eigenvalue weighted by atomic mass is 16.5. The molecule has 0 bridgehead atoms. The van der Waals surface area contributed by atoms with Crippen molar-refractivity contribution < 1.29 is 14.1 Å². The first-order valence-electron chi connectivity index (χ1n) is 10.3. The molecule has 29 heavy (non-hydrogen) atoms. The molecule has 1 N–H and O–H groups in total. The third-order valence-corrected chi connectivity index (χ3v) is 6.98. The van der Waals surface area contributed by atoms with Gasteiger partial charge >= 0.3 is 0 Å². The van der Waals surface area contributed by atoms with Gasteiger partial charge in [-0.3, -0.25) is 9.59 Å². The van der Waals surface area contributed by atoms with Crippen molar-refractivity contribution in [2.24, 2.45) is 5.41 Å². The minimum Gasteiger partial charge on any atom is -0.361 e. The molecule has 156 valence electrons. The predicted molar refractivity (Wildman–Crippen MR) is 106 cm³/mol. The van der Waals surface area contributed by atoms with E-state index in [1.807, 2.05) is 18.0 Å². The highest BCUT2D eigenvalue weighted by molar-refractivity contribution is 5.96. The maximum atomic E-state index is 13.0. The van der Waals surface area contributed by atoms with Crippen LogP contribution in [0.2, 0.25) is 0 Å². The Morgan fingerprint density at radius 1 is 1.31 bits per heavy atom. The van der Waals surface area contributed by atoms with Gasteiger partial charge in [0.25, 0.3) is 5.91 Å². The van der Waals surface area contributed by atoms with Crippen molar-refractivity contribution in [2.45, 2.75) is 65.5 Å². The smallest absolute Gasteiger partial charge is 0.257 e. The first-order chi connectivity index (χ1) is 13.7. The van der Waals surface area contributed by atoms with Crippen LogP contribution in [0.25, 0.3) is 0 Å². The van der Waals surface area contributed by atoms with E-state index in [0.717, 1.165) is 25.1 Å². The van der Waals surface area contributed by atoms with Crippen LogP contribution in [0.15, 0.2) is 16.9 Å². The molecule has 0 saturated carbocycles. The molecule has 1 unspecified atom stereocenters. The molecule has 2 amide bonds. The fourth-order valence-electron chi connectivity index (χ4n) is 4.72. The summed E-state index contributed by atoms with van der Waals surface area (Å²) in [5, 5.41) is 6.97. The number of nitrogens with one attached hydrogen (secondary N) is 1. The van der Waals surface area contributed by atoms with Crippen molar-refractivity contribution in [2.75, 3.05) is 13.1 Å². The summed E-state index contributed by atoms with van der Waals surface area (Å²) in [6, 6.07) is -0.202. The number of carbonyl (C=O) groups is 2. The molecule has 0 radical (unpaired) electrons. The second-order valence-corrected chi connectivity index (χ2v) is 8.74. The van der Waals surface area contributed by atoms with Crippen LogP contribution in [-0.4, -0.2) is 44.5 Å². The van der Waals surface area contributed by atoms with Crippen LogP contribution in [0.3, 0.4) is 0 Å². The van der Waals surface area contributed by atoms with Crippen molar-refractivity contribution in [3.8, 4) is 0 Å². The molecular formula is C21H29N5O3. The van der Waals surface area contributed by atoms with E-state index in [9.17, 15) is 9.59 Å². The van der Waals surface area contributed by atoms with E-state index in [4.69, 9.17) is 4.52 Å². The van der Waals surface area contributed by atoms with E-state index < -0.39 is 0 Å². The van der Waals surface area contributed by atoms with Crippen molar-refractivity contribution >= 4 is 11.8 Å². The van der Waals surface area contributed by atoms with Crippen molar-refractivity contribution in [3.63, 3.8) is 0 Å². The number of hydrogen-bond donors (Lipinski definition) is 1. The maximum absolute atomic E-state index is 13.0. The number of rotatable bonds is 5. The molecule has 8 nitrogen and oxygen atoms in total. The number of aryl methyl sites for hydroxylation is 2. The van der Waals surface area contributed by atoms with Crippen LogP contribution in [0.5, 0.6) is 0 Å². The highest BCUT2D eigenvalue weighted by Gasteiger charge is 2.55. The predicted octanol–water partition coefficient (Wildman–Crippen LogP) is 2.73. The molecule has 1 saturated heterocycles. The molecular weight excluding hydrogens is 370 g/mol. The van der Waals surface area contributed by atoms with Gasteiger partial charge in [0.15, 0.2) is 0 Å². The van der Waals surface area contributed by atoms with Gasteiger partial charge in [-0.05, 0) is 26.7 Å². The van der Waals surface area contributed by atoms with Gasteiger partial charge in [0, 0.05) is 37.3 Å². The zero-order valence-electron chi connectivity index (χ0n) is 17.8. The first kappa shape index (κ1) is 19.7. The lowest BCUT2D eigenvalue weighted by molar-refractivity contribution is -0.153. The van der Waals surface area contributed by atoms with Crippen LogP contribution in [0, 0.1) is 19.3 Å². The third-order valence-electron chi connectivity index (χ3n) is 6.98. The Morgan fingerprint density at radius 2 is 2.00 bits per heavy atom. The minimum atomic E-state index is -0.311. The summed E-state index contributed by atoms with van der Waals surface area (Å²) < 4.78 is 7.27. The van der Waals surface area contributed by atoms with Gasteiger partial charge in [-0.15, -0.1) is 0 Å². The minimum absolute atomic E-state index is 0.194. The van der Waals surface area contributed by atoms with Crippen LogP contribution in [0.1, 0.15) is 73.7 Å². The molecule has 2 aliphatic rings. The van der Waals surface area contributed by atoms with Crippen LogP contribution in [0.4, 0.5) is 0 Å². The SMILES string of the molecule is CCC(C)(CC)C(=O)N1CC2(CC(NC(=O)c3c(C)noc3C)c3nccn32)C1. The largest absolute Gasteiger partial charge is 0.361 e. The standard InChI is InChI=1S/C21H29N5O3/c1-6-20(5,7-2)19(28)25-11-21(12-25)10-15(17-22-8-9-26(17)21)23-18(27)16-13(3)24-29-14(16)4/h8-9,15H,6-7,10-12H2,1-5H3,(H,23,27). The average molecular weight is 399 g/mol. The summed E-state index contributed by atoms with van der Waals surface area (Å²) >= 11 is 0. The summed E-state index contributed by atoms with van der Waals surface area (Å²) in [7, 11) is 0. The van der Waals surface area contributed by atoms with E-state index >= 15 is 0 Å². The lowest BCUT2D eigenvalue weighted by Crippen LogP contribution is -2.65. The number of hydrogen-bond acceptors (Lipinski definition) is 5. The molecule has 1 fully saturated rings. The van der Waals surface area contributed by atoms with Crippen LogP contribution >= 0.6 is 0 Å². The maximum Gasteiger partial charge on any atom is 0.257 e. The summed E-state index contributed by atoms with van der Waals surface area (Å²) in [4.78, 5) is 32.3. The Morgan fingerprint density at radius 3 is 2.59 bits per heavy atom. The van der Waals surface area contributed by atoms with E-state index in [1.54, 1.807) is 20.0 Å². The number of nitrogens with zero attached hydrogens (tertiary/aromatic N) is 4. The van der Waals surface area contributed by atoms with E-state index in [1.165, 1.54) is 0 Å². The Kier molecular flexibility index (Phi) is 4.55. The summed E-state index contributed by atoms with van der Waals surface area (Å²) in [6.45, 7) is 11.0. The molecule has 2 aromatic rings. The fraction of sp³-hybridized carbons (Fsp3) is 0.619. The van der Waals surface area contributed by atoms with Crippen molar-refractivity contribution in [1.29, 1.82) is 0 Å². The monoisotopic (exact) mass is 399 g/mol. The number of carbonyl (C=O) groups excluding carboxylic acids is 2. The van der Waals surface area contributed by atoms with Crippen molar-refractivity contribution in [1.82, 2.24) is 24.9 Å². The van der Waals surface area contributed by atoms with Crippen LogP contribution < -0.4 is 5.32 Å². The van der Waals surface area contributed by atoms with Gasteiger partial charge in [0.05, 0.1) is 17.3 Å². The molecule has 8 heteroatoms. The van der Waals surface area contributed by atoms with Gasteiger partial charge in [0.1, 0.15) is 17.1 Å². The number of amides is 2. The highest BCUT2D eigenvalue weighted by Crippen LogP contribution is 2.46. The second kappa shape index (κ2) is 6.71.